The Labute approximate surface area is 296 Å². The molecule has 5 heterocycles. The molecule has 0 N–H and O–H groups in total. The molecule has 0 amide bonds. The van der Waals surface area contributed by atoms with Crippen LogP contribution in [-0.2, 0) is 0 Å². The third kappa shape index (κ3) is 6.03. The number of para-hydroxylation sites is 1. The molecule has 6 heteroatoms. The van der Waals surface area contributed by atoms with Crippen LogP contribution >= 0.6 is 0 Å². The molecule has 6 aromatic rings. The van der Waals surface area contributed by atoms with Gasteiger partial charge in [-0.25, -0.2) is 15.0 Å². The minimum absolute atomic E-state index is 0.297. The van der Waals surface area contributed by atoms with Gasteiger partial charge >= 0.3 is 0 Å². The summed E-state index contributed by atoms with van der Waals surface area (Å²) >= 11 is 0. The summed E-state index contributed by atoms with van der Waals surface area (Å²) in [6, 6.07) is 26.9. The van der Waals surface area contributed by atoms with Crippen molar-refractivity contribution in [3.05, 3.63) is 83.9 Å². The lowest BCUT2D eigenvalue weighted by Crippen LogP contribution is -2.20. The van der Waals surface area contributed by atoms with Crippen LogP contribution in [0.25, 0.3) is 55.0 Å². The molecule has 0 bridgehead atoms. The molecular formula is C44H49N5O. The number of anilines is 2. The van der Waals surface area contributed by atoms with Crippen LogP contribution in [0.4, 0.5) is 11.6 Å². The minimum atomic E-state index is 0.297. The normalized spacial score (nSPS) is 15.1. The van der Waals surface area contributed by atoms with Gasteiger partial charge in [0.05, 0.1) is 23.2 Å². The summed E-state index contributed by atoms with van der Waals surface area (Å²) in [6.45, 7) is 16.1. The summed E-state index contributed by atoms with van der Waals surface area (Å²) in [5, 5.41) is 3.55. The monoisotopic (exact) mass is 663 g/mol. The Hall–Kier alpha value is -4.71. The number of benzene rings is 3. The first-order valence-electron chi connectivity index (χ1n) is 18.8. The topological polar surface area (TPSA) is 54.4 Å². The van der Waals surface area contributed by atoms with Crippen molar-refractivity contribution in [3.8, 4) is 28.1 Å². The second-order valence-electron chi connectivity index (χ2n) is 14.9. The summed E-state index contributed by atoms with van der Waals surface area (Å²) in [6.07, 6.45) is 5.78. The highest BCUT2D eigenvalue weighted by Crippen LogP contribution is 2.42. The molecule has 0 atom stereocenters. The highest BCUT2D eigenvalue weighted by atomic mass is 16.5. The van der Waals surface area contributed by atoms with Crippen molar-refractivity contribution in [1.82, 2.24) is 15.0 Å². The number of hydrogen-bond donors (Lipinski definition) is 0. The zero-order chi connectivity index (χ0) is 34.4. The maximum atomic E-state index is 6.51. The van der Waals surface area contributed by atoms with Gasteiger partial charge in [0.1, 0.15) is 11.6 Å². The van der Waals surface area contributed by atoms with Crippen LogP contribution in [-0.4, -0.2) is 47.7 Å². The quantitative estimate of drug-likeness (QED) is 0.153. The first-order chi connectivity index (χ1) is 24.4. The van der Waals surface area contributed by atoms with Gasteiger partial charge in [0.25, 0.3) is 0 Å². The molecule has 0 radical (unpaired) electrons. The summed E-state index contributed by atoms with van der Waals surface area (Å²) in [5.74, 6) is 3.48. The van der Waals surface area contributed by atoms with Crippen molar-refractivity contribution in [2.75, 3.05) is 42.6 Å². The van der Waals surface area contributed by atoms with E-state index in [4.69, 9.17) is 19.7 Å². The fraction of sp³-hybridized carbons (Fsp3) is 0.386. The number of fused-ring (bicyclic) bond motifs is 3. The van der Waals surface area contributed by atoms with Gasteiger partial charge in [-0.15, -0.1) is 0 Å². The van der Waals surface area contributed by atoms with Gasteiger partial charge in [0.15, 0.2) is 0 Å². The molecule has 0 aliphatic carbocycles. The van der Waals surface area contributed by atoms with E-state index in [1.807, 2.05) is 0 Å². The Kier molecular flexibility index (Phi) is 8.80. The molecule has 2 saturated heterocycles. The minimum Gasteiger partial charge on any atom is -0.477 e. The van der Waals surface area contributed by atoms with Crippen LogP contribution in [0.3, 0.4) is 0 Å². The molecule has 0 spiro atoms. The standard InChI is InChI=1S/C44H49N5O/c1-6-21-50-44-37(32-24-34(28(2)3)33-15-16-42(45-40(33)26-32)48-17-9-10-18-48)27-38-35(29(4)5)23-31(25-41(38)47-44)36-22-30-13-7-8-14-39(30)46-43(36)49-19-11-12-20-49/h7-8,13-16,22-29H,6,9-12,17-21H2,1-5H3. The highest BCUT2D eigenvalue weighted by Gasteiger charge is 2.23. The molecule has 0 unspecified atom stereocenters. The second kappa shape index (κ2) is 13.5. The molecule has 0 saturated carbocycles. The second-order valence-corrected chi connectivity index (χ2v) is 14.9. The summed E-state index contributed by atoms with van der Waals surface area (Å²) in [5.41, 5.74) is 10.1. The number of hydrogen-bond acceptors (Lipinski definition) is 6. The van der Waals surface area contributed by atoms with Gasteiger partial charge in [-0.3, -0.25) is 0 Å². The molecule has 8 rings (SSSR count). The predicted octanol–water partition coefficient (Wildman–Crippen LogP) is 10.9. The number of ether oxygens (including phenoxy) is 1. The van der Waals surface area contributed by atoms with Crippen LogP contribution in [0.2, 0.25) is 0 Å². The zero-order valence-electron chi connectivity index (χ0n) is 30.3. The summed E-state index contributed by atoms with van der Waals surface area (Å²) in [7, 11) is 0. The van der Waals surface area contributed by atoms with Gasteiger partial charge in [-0.05, 0) is 115 Å². The molecule has 50 heavy (non-hydrogen) atoms. The Morgan fingerprint density at radius 2 is 1.26 bits per heavy atom. The van der Waals surface area contributed by atoms with Crippen LogP contribution in [0.15, 0.2) is 72.8 Å². The zero-order valence-corrected chi connectivity index (χ0v) is 30.3. The van der Waals surface area contributed by atoms with Crippen molar-refractivity contribution in [2.24, 2.45) is 0 Å². The van der Waals surface area contributed by atoms with Crippen molar-refractivity contribution >= 4 is 44.3 Å². The lowest BCUT2D eigenvalue weighted by Gasteiger charge is -2.23. The van der Waals surface area contributed by atoms with Crippen LogP contribution in [0.5, 0.6) is 5.88 Å². The molecule has 2 aliphatic rings. The van der Waals surface area contributed by atoms with E-state index in [-0.39, 0.29) is 0 Å². The third-order valence-electron chi connectivity index (χ3n) is 10.6. The first kappa shape index (κ1) is 32.5. The Balaban J connectivity index is 1.33. The number of pyridine rings is 3. The Morgan fingerprint density at radius 3 is 1.96 bits per heavy atom. The molecule has 2 aliphatic heterocycles. The average Bonchev–Trinajstić information content (AvgIpc) is 3.88. The van der Waals surface area contributed by atoms with E-state index >= 15 is 0 Å². The maximum absolute atomic E-state index is 6.51. The Bertz CT molecular complexity index is 2190. The molecular weight excluding hydrogens is 615 g/mol. The molecule has 3 aromatic carbocycles. The lowest BCUT2D eigenvalue weighted by molar-refractivity contribution is 0.308. The molecule has 3 aromatic heterocycles. The summed E-state index contributed by atoms with van der Waals surface area (Å²) < 4.78 is 6.51. The predicted molar refractivity (Wildman–Crippen MR) is 210 cm³/mol. The van der Waals surface area contributed by atoms with Gasteiger partial charge < -0.3 is 14.5 Å². The summed E-state index contributed by atoms with van der Waals surface area (Å²) in [4.78, 5) is 20.7. The van der Waals surface area contributed by atoms with Gasteiger partial charge in [-0.1, -0.05) is 58.9 Å². The van der Waals surface area contributed by atoms with E-state index in [0.717, 1.165) is 82.9 Å². The fourth-order valence-corrected chi connectivity index (χ4v) is 7.93. The van der Waals surface area contributed by atoms with Crippen molar-refractivity contribution in [3.63, 3.8) is 0 Å². The van der Waals surface area contributed by atoms with Gasteiger partial charge in [0.2, 0.25) is 5.88 Å². The van der Waals surface area contributed by atoms with Gasteiger partial charge in [-0.2, -0.15) is 0 Å². The third-order valence-corrected chi connectivity index (χ3v) is 10.6. The van der Waals surface area contributed by atoms with Crippen molar-refractivity contribution in [1.29, 1.82) is 0 Å². The van der Waals surface area contributed by atoms with Crippen LogP contribution < -0.4 is 14.5 Å². The molecule has 6 nitrogen and oxygen atoms in total. The number of aromatic nitrogens is 3. The number of nitrogens with zero attached hydrogens (tertiary/aromatic N) is 5. The SMILES string of the molecule is CCCOc1nc2cc(-c3cc4ccccc4nc3N3CCCC3)cc(C(C)C)c2cc1-c1cc(C(C)C)c2ccc(N3CCCC3)nc2c1. The van der Waals surface area contributed by atoms with Crippen molar-refractivity contribution < 1.29 is 4.74 Å². The highest BCUT2D eigenvalue weighted by molar-refractivity contribution is 5.97. The smallest absolute Gasteiger partial charge is 0.221 e. The molecule has 2 fully saturated rings. The van der Waals surface area contributed by atoms with E-state index in [9.17, 15) is 0 Å². The molecule has 256 valence electrons. The van der Waals surface area contributed by atoms with E-state index in [0.29, 0.717) is 24.3 Å². The van der Waals surface area contributed by atoms with E-state index in [1.165, 1.54) is 53.1 Å². The van der Waals surface area contributed by atoms with Crippen LogP contribution in [0.1, 0.15) is 89.7 Å². The first-order valence-corrected chi connectivity index (χ1v) is 18.8. The van der Waals surface area contributed by atoms with Crippen LogP contribution in [0, 0.1) is 0 Å². The van der Waals surface area contributed by atoms with E-state index in [1.54, 1.807) is 0 Å². The number of rotatable bonds is 9. The average molecular weight is 664 g/mol. The van der Waals surface area contributed by atoms with E-state index in [2.05, 4.69) is 117 Å². The largest absolute Gasteiger partial charge is 0.477 e. The maximum Gasteiger partial charge on any atom is 0.221 e. The Morgan fingerprint density at radius 1 is 0.620 bits per heavy atom. The van der Waals surface area contributed by atoms with Gasteiger partial charge in [0, 0.05) is 53.5 Å². The van der Waals surface area contributed by atoms with Crippen molar-refractivity contribution in [2.45, 2.75) is 78.6 Å². The lowest BCUT2D eigenvalue weighted by atomic mass is 9.90. The van der Waals surface area contributed by atoms with E-state index < -0.39 is 0 Å². The fourth-order valence-electron chi connectivity index (χ4n) is 7.93.